The Morgan fingerprint density at radius 3 is 3.12 bits per heavy atom. The number of thiol groups is 1. The molecule has 3 rings (SSSR count). The molecule has 1 atom stereocenters. The molecule has 1 unspecified atom stereocenters. The first-order valence-electron chi connectivity index (χ1n) is 5.14. The van der Waals surface area contributed by atoms with Crippen LogP contribution in [0, 0.1) is 0 Å². The highest BCUT2D eigenvalue weighted by Crippen LogP contribution is 2.23. The van der Waals surface area contributed by atoms with Crippen molar-refractivity contribution < 1.29 is 0 Å². The van der Waals surface area contributed by atoms with Crippen LogP contribution in [0.5, 0.6) is 0 Å². The molecule has 1 aliphatic rings. The zero-order valence-corrected chi connectivity index (χ0v) is 10.2. The van der Waals surface area contributed by atoms with Gasteiger partial charge in [-0.3, -0.25) is 0 Å². The first-order chi connectivity index (χ1) is 7.86. The Hall–Kier alpha value is -0.790. The lowest BCUT2D eigenvalue weighted by Gasteiger charge is -2.03. The minimum Gasteiger partial charge on any atom is -0.324 e. The second-order valence-corrected chi connectivity index (χ2v) is 4.89. The molecule has 5 nitrogen and oxygen atoms in total. The minimum absolute atomic E-state index is 0.322. The lowest BCUT2D eigenvalue weighted by Crippen LogP contribution is -2.14. The molecule has 2 N–H and O–H groups in total. The molecule has 0 saturated carbocycles. The van der Waals surface area contributed by atoms with Gasteiger partial charge in [-0.1, -0.05) is 0 Å². The van der Waals surface area contributed by atoms with Gasteiger partial charge in [0.15, 0.2) is 11.3 Å². The van der Waals surface area contributed by atoms with Gasteiger partial charge >= 0.3 is 0 Å². The minimum atomic E-state index is 0.322. The van der Waals surface area contributed by atoms with Gasteiger partial charge in [-0.15, -0.1) is 11.7 Å². The Morgan fingerprint density at radius 2 is 2.38 bits per heavy atom. The second kappa shape index (κ2) is 4.23. The van der Waals surface area contributed by atoms with E-state index >= 15 is 0 Å². The monoisotopic (exact) mass is 253 g/mol. The summed E-state index contributed by atoms with van der Waals surface area (Å²) in [7, 11) is 1.28. The quantitative estimate of drug-likeness (QED) is 0.561. The second-order valence-electron chi connectivity index (χ2n) is 3.74. The molecular formula is C9H11N5S2. The van der Waals surface area contributed by atoms with Crippen molar-refractivity contribution in [2.75, 3.05) is 6.54 Å². The molecular weight excluding hydrogens is 242 g/mol. The van der Waals surface area contributed by atoms with Crippen LogP contribution in [0.15, 0.2) is 11.2 Å². The van der Waals surface area contributed by atoms with Crippen molar-refractivity contribution in [1.29, 1.82) is 0 Å². The van der Waals surface area contributed by atoms with Crippen molar-refractivity contribution in [3.8, 4) is 0 Å². The number of hydrogen-bond acceptors (Lipinski definition) is 6. The third kappa shape index (κ3) is 1.79. The molecule has 0 aliphatic carbocycles. The summed E-state index contributed by atoms with van der Waals surface area (Å²) in [4.78, 5) is 16.3. The predicted octanol–water partition coefficient (Wildman–Crippen LogP) is 1.71. The van der Waals surface area contributed by atoms with Crippen molar-refractivity contribution in [3.05, 3.63) is 12.0 Å². The molecule has 0 bridgehead atoms. The lowest BCUT2D eigenvalue weighted by atomic mass is 10.2. The maximum Gasteiger partial charge on any atom is 0.197 e. The fourth-order valence-corrected chi connectivity index (χ4v) is 2.42. The summed E-state index contributed by atoms with van der Waals surface area (Å²) in [5.74, 6) is 0.939. The summed E-state index contributed by atoms with van der Waals surface area (Å²) in [6.45, 7) is 1.06. The number of nitrogens with one attached hydrogen (secondary N) is 2. The molecule has 7 heteroatoms. The number of aromatic amines is 1. The van der Waals surface area contributed by atoms with Crippen LogP contribution in [-0.2, 0) is 0 Å². The van der Waals surface area contributed by atoms with E-state index in [0.29, 0.717) is 11.7 Å². The molecule has 84 valence electrons. The van der Waals surface area contributed by atoms with Crippen molar-refractivity contribution >= 4 is 33.7 Å². The summed E-state index contributed by atoms with van der Waals surface area (Å²) in [6.07, 6.45) is 4.00. The SMILES string of the molecule is SSc1cnc2nc(C3CCCN3)[nH]c2n1. The fourth-order valence-electron chi connectivity index (χ4n) is 1.92. The molecule has 1 fully saturated rings. The number of hydrogen-bond donors (Lipinski definition) is 3. The van der Waals surface area contributed by atoms with Gasteiger partial charge in [0.2, 0.25) is 0 Å². The molecule has 0 radical (unpaired) electrons. The number of rotatable bonds is 2. The molecule has 2 aromatic rings. The number of nitrogens with zero attached hydrogens (tertiary/aromatic N) is 3. The van der Waals surface area contributed by atoms with Crippen LogP contribution in [0.2, 0.25) is 0 Å². The number of aromatic nitrogens is 4. The van der Waals surface area contributed by atoms with Crippen molar-refractivity contribution in [2.24, 2.45) is 0 Å². The first-order valence-corrected chi connectivity index (χ1v) is 7.01. The summed E-state index contributed by atoms with van der Waals surface area (Å²) in [5, 5.41) is 4.18. The largest absolute Gasteiger partial charge is 0.324 e. The lowest BCUT2D eigenvalue weighted by molar-refractivity contribution is 0.614. The van der Waals surface area contributed by atoms with E-state index in [2.05, 4.69) is 36.9 Å². The van der Waals surface area contributed by atoms with Gasteiger partial charge in [0.1, 0.15) is 10.9 Å². The normalized spacial score (nSPS) is 20.7. The Morgan fingerprint density at radius 1 is 1.44 bits per heavy atom. The smallest absolute Gasteiger partial charge is 0.197 e. The van der Waals surface area contributed by atoms with Gasteiger partial charge in [0, 0.05) is 0 Å². The topological polar surface area (TPSA) is 66.5 Å². The molecule has 0 spiro atoms. The van der Waals surface area contributed by atoms with Crippen LogP contribution in [0.3, 0.4) is 0 Å². The Kier molecular flexibility index (Phi) is 2.74. The van der Waals surface area contributed by atoms with Crippen LogP contribution in [0.25, 0.3) is 11.3 Å². The third-order valence-corrected chi connectivity index (χ3v) is 3.63. The standard InChI is InChI=1S/C9H11N5S2/c15-16-6-4-11-8-9(12-6)14-7(13-8)5-2-1-3-10-5/h4-5,10,15H,1-3H2,(H,11,12,13,14). The van der Waals surface area contributed by atoms with E-state index in [0.717, 1.165) is 29.5 Å². The van der Waals surface area contributed by atoms with E-state index in [1.54, 1.807) is 6.20 Å². The van der Waals surface area contributed by atoms with Gasteiger partial charge < -0.3 is 10.3 Å². The molecule has 1 saturated heterocycles. The van der Waals surface area contributed by atoms with Crippen molar-refractivity contribution in [2.45, 2.75) is 23.9 Å². The summed E-state index contributed by atoms with van der Waals surface area (Å²) in [5.41, 5.74) is 1.41. The average Bonchev–Trinajstić information content (AvgIpc) is 2.96. The van der Waals surface area contributed by atoms with Crippen molar-refractivity contribution in [3.63, 3.8) is 0 Å². The number of imidazole rings is 1. The molecule has 0 aromatic carbocycles. The highest BCUT2D eigenvalue weighted by molar-refractivity contribution is 8.68. The zero-order chi connectivity index (χ0) is 11.0. The third-order valence-electron chi connectivity index (χ3n) is 2.69. The summed E-state index contributed by atoms with van der Waals surface area (Å²) < 4.78 is 0. The van der Waals surface area contributed by atoms with Crippen LogP contribution < -0.4 is 5.32 Å². The van der Waals surface area contributed by atoms with Crippen molar-refractivity contribution in [1.82, 2.24) is 25.3 Å². The average molecular weight is 253 g/mol. The Balaban J connectivity index is 2.01. The molecule has 1 aliphatic heterocycles. The Bertz CT molecular complexity index is 506. The van der Waals surface area contributed by atoms with Gasteiger partial charge in [-0.2, -0.15) is 0 Å². The molecule has 16 heavy (non-hydrogen) atoms. The fraction of sp³-hybridized carbons (Fsp3) is 0.444. The highest BCUT2D eigenvalue weighted by atomic mass is 33.1. The maximum absolute atomic E-state index is 4.44. The molecule has 3 heterocycles. The first kappa shape index (κ1) is 10.4. The zero-order valence-electron chi connectivity index (χ0n) is 8.47. The van der Waals surface area contributed by atoms with Gasteiger partial charge in [0.25, 0.3) is 0 Å². The van der Waals surface area contributed by atoms with Gasteiger partial charge in [-0.25, -0.2) is 15.0 Å². The molecule has 0 amide bonds. The van der Waals surface area contributed by atoms with E-state index in [4.69, 9.17) is 0 Å². The summed E-state index contributed by atoms with van der Waals surface area (Å²) >= 11 is 4.10. The maximum atomic E-state index is 4.44. The van der Waals surface area contributed by atoms with E-state index in [9.17, 15) is 0 Å². The number of fused-ring (bicyclic) bond motifs is 1. The molecule has 2 aromatic heterocycles. The van der Waals surface area contributed by atoms with E-state index in [-0.39, 0.29) is 0 Å². The number of H-pyrrole nitrogens is 1. The van der Waals surface area contributed by atoms with E-state index in [1.165, 1.54) is 17.2 Å². The van der Waals surface area contributed by atoms with Gasteiger partial charge in [0.05, 0.1) is 12.2 Å². The highest BCUT2D eigenvalue weighted by Gasteiger charge is 2.20. The van der Waals surface area contributed by atoms with Crippen LogP contribution in [0.4, 0.5) is 0 Å². The van der Waals surface area contributed by atoms with Crippen LogP contribution >= 0.6 is 22.5 Å². The summed E-state index contributed by atoms with van der Waals surface area (Å²) in [6, 6.07) is 0.322. The predicted molar refractivity (Wildman–Crippen MR) is 66.5 cm³/mol. The van der Waals surface area contributed by atoms with E-state index < -0.39 is 0 Å². The Labute approximate surface area is 102 Å². The van der Waals surface area contributed by atoms with Gasteiger partial charge in [-0.05, 0) is 30.2 Å². The van der Waals surface area contributed by atoms with Crippen LogP contribution in [-0.4, -0.2) is 26.5 Å². The van der Waals surface area contributed by atoms with Crippen LogP contribution in [0.1, 0.15) is 24.7 Å². The van der Waals surface area contributed by atoms with E-state index in [1.807, 2.05) is 0 Å².